The van der Waals surface area contributed by atoms with E-state index in [1.54, 1.807) is 6.07 Å². The molecule has 0 aliphatic heterocycles. The first-order chi connectivity index (χ1) is 7.38. The Morgan fingerprint density at radius 2 is 2.12 bits per heavy atom. The van der Waals surface area contributed by atoms with Gasteiger partial charge in [0.25, 0.3) is 0 Å². The number of thiophene rings is 1. The van der Waals surface area contributed by atoms with E-state index >= 15 is 0 Å². The minimum atomic E-state index is -4.20. The van der Waals surface area contributed by atoms with Gasteiger partial charge in [0.15, 0.2) is 0 Å². The number of alkyl halides is 3. The molecule has 0 spiro atoms. The van der Waals surface area contributed by atoms with Crippen molar-refractivity contribution in [3.63, 3.8) is 0 Å². The Labute approximate surface area is 112 Å². The average molecular weight is 378 g/mol. The van der Waals surface area contributed by atoms with Crippen LogP contribution in [0.3, 0.4) is 0 Å². The van der Waals surface area contributed by atoms with E-state index in [1.165, 1.54) is 17.5 Å². The van der Waals surface area contributed by atoms with Crippen LogP contribution >= 0.6 is 45.5 Å². The molecule has 0 N–H and O–H groups in total. The topological polar surface area (TPSA) is 12.9 Å². The molecular weight excluding hydrogens is 374 g/mol. The number of nitrogens with zero attached hydrogens (tertiary/aromatic N) is 1. The van der Waals surface area contributed by atoms with Crippen molar-refractivity contribution in [2.45, 2.75) is 12.6 Å². The molecule has 0 unspecified atom stereocenters. The normalized spacial score (nSPS) is 12.3. The maximum absolute atomic E-state index is 12.4. The standard InChI is InChI=1S/C9H4ClF3INS/c10-7-6-4(1-2-15-7)5(8(14)16-6)3-9(11,12)13/h1-2H,3H2. The van der Waals surface area contributed by atoms with Crippen LogP contribution in [0.5, 0.6) is 0 Å². The Morgan fingerprint density at radius 3 is 2.75 bits per heavy atom. The van der Waals surface area contributed by atoms with E-state index < -0.39 is 12.6 Å². The van der Waals surface area contributed by atoms with Gasteiger partial charge in [-0.1, -0.05) is 11.6 Å². The average Bonchev–Trinajstić information content (AvgIpc) is 2.44. The van der Waals surface area contributed by atoms with E-state index in [9.17, 15) is 13.2 Å². The second-order valence-electron chi connectivity index (χ2n) is 3.12. The molecule has 0 saturated carbocycles. The van der Waals surface area contributed by atoms with Crippen LogP contribution in [0.25, 0.3) is 10.1 Å². The molecule has 0 aliphatic carbocycles. The third-order valence-electron chi connectivity index (χ3n) is 1.99. The van der Waals surface area contributed by atoms with E-state index in [4.69, 9.17) is 11.6 Å². The highest BCUT2D eigenvalue weighted by Gasteiger charge is 2.30. The summed E-state index contributed by atoms with van der Waals surface area (Å²) in [6.07, 6.45) is -3.71. The smallest absolute Gasteiger partial charge is 0.243 e. The van der Waals surface area contributed by atoms with Gasteiger partial charge in [-0.15, -0.1) is 11.3 Å². The van der Waals surface area contributed by atoms with Crippen molar-refractivity contribution in [3.05, 3.63) is 25.9 Å². The minimum Gasteiger partial charge on any atom is -0.243 e. The first-order valence-corrected chi connectivity index (χ1v) is 6.44. The predicted molar refractivity (Wildman–Crippen MR) is 67.1 cm³/mol. The molecule has 0 atom stereocenters. The SMILES string of the molecule is FC(F)(F)Cc1c(I)sc2c(Cl)nccc12. The maximum atomic E-state index is 12.4. The van der Waals surface area contributed by atoms with Gasteiger partial charge in [-0.2, -0.15) is 13.2 Å². The summed E-state index contributed by atoms with van der Waals surface area (Å²) in [7, 11) is 0. The van der Waals surface area contributed by atoms with Crippen molar-refractivity contribution in [2.24, 2.45) is 0 Å². The second kappa shape index (κ2) is 4.30. The van der Waals surface area contributed by atoms with E-state index in [2.05, 4.69) is 4.98 Å². The fraction of sp³-hybridized carbons (Fsp3) is 0.222. The fourth-order valence-electron chi connectivity index (χ4n) is 1.38. The molecule has 0 aliphatic rings. The van der Waals surface area contributed by atoms with Crippen LogP contribution in [0.2, 0.25) is 5.15 Å². The highest BCUT2D eigenvalue weighted by atomic mass is 127. The van der Waals surface area contributed by atoms with Crippen LogP contribution in [-0.2, 0) is 6.42 Å². The number of aromatic nitrogens is 1. The van der Waals surface area contributed by atoms with Crippen molar-refractivity contribution in [1.29, 1.82) is 0 Å². The fourth-order valence-corrected chi connectivity index (χ4v) is 3.72. The summed E-state index contributed by atoms with van der Waals surface area (Å²) in [6, 6.07) is 1.57. The van der Waals surface area contributed by atoms with Crippen LogP contribution in [-0.4, -0.2) is 11.2 Å². The molecule has 2 aromatic heterocycles. The lowest BCUT2D eigenvalue weighted by Crippen LogP contribution is -2.11. The number of hydrogen-bond donors (Lipinski definition) is 0. The molecule has 0 fully saturated rings. The quantitative estimate of drug-likeness (QED) is 0.520. The molecule has 16 heavy (non-hydrogen) atoms. The van der Waals surface area contributed by atoms with Gasteiger partial charge in [0, 0.05) is 11.6 Å². The van der Waals surface area contributed by atoms with Crippen LogP contribution in [0, 0.1) is 2.88 Å². The van der Waals surface area contributed by atoms with Crippen molar-refractivity contribution in [3.8, 4) is 0 Å². The Balaban J connectivity index is 2.61. The second-order valence-corrected chi connectivity index (χ2v) is 6.31. The zero-order chi connectivity index (χ0) is 11.9. The van der Waals surface area contributed by atoms with Crippen molar-refractivity contribution in [1.82, 2.24) is 4.98 Å². The van der Waals surface area contributed by atoms with Gasteiger partial charge >= 0.3 is 6.18 Å². The van der Waals surface area contributed by atoms with E-state index in [1.807, 2.05) is 22.6 Å². The van der Waals surface area contributed by atoms with Crippen molar-refractivity contribution < 1.29 is 13.2 Å². The first kappa shape index (κ1) is 12.4. The van der Waals surface area contributed by atoms with Gasteiger partial charge < -0.3 is 0 Å². The monoisotopic (exact) mass is 377 g/mol. The zero-order valence-electron chi connectivity index (χ0n) is 7.61. The van der Waals surface area contributed by atoms with Crippen LogP contribution < -0.4 is 0 Å². The lowest BCUT2D eigenvalue weighted by atomic mass is 10.1. The Hall–Kier alpha value is -0.0800. The van der Waals surface area contributed by atoms with Crippen LogP contribution in [0.4, 0.5) is 13.2 Å². The largest absolute Gasteiger partial charge is 0.393 e. The number of hydrogen-bond acceptors (Lipinski definition) is 2. The third kappa shape index (κ3) is 2.43. The molecule has 0 amide bonds. The van der Waals surface area contributed by atoms with Gasteiger partial charge in [-0.25, -0.2) is 4.98 Å². The van der Waals surface area contributed by atoms with E-state index in [-0.39, 0.29) is 10.7 Å². The van der Waals surface area contributed by atoms with Crippen LogP contribution in [0.15, 0.2) is 12.3 Å². The Bertz CT molecular complexity index is 537. The molecule has 2 aromatic rings. The number of halogens is 5. The van der Waals surface area contributed by atoms with Gasteiger partial charge in [-0.3, -0.25) is 0 Å². The van der Waals surface area contributed by atoms with Crippen molar-refractivity contribution in [2.75, 3.05) is 0 Å². The Morgan fingerprint density at radius 1 is 1.44 bits per heavy atom. The molecule has 86 valence electrons. The lowest BCUT2D eigenvalue weighted by Gasteiger charge is -2.05. The Kier molecular flexibility index (Phi) is 3.33. The summed E-state index contributed by atoms with van der Waals surface area (Å²) >= 11 is 8.97. The van der Waals surface area contributed by atoms with E-state index in [0.29, 0.717) is 13.0 Å². The molecule has 0 radical (unpaired) electrons. The minimum absolute atomic E-state index is 0.258. The third-order valence-corrected chi connectivity index (χ3v) is 4.75. The van der Waals surface area contributed by atoms with Crippen molar-refractivity contribution >= 4 is 55.6 Å². The summed E-state index contributed by atoms with van der Waals surface area (Å²) in [5.41, 5.74) is 0.289. The number of pyridine rings is 1. The van der Waals surface area contributed by atoms with Crippen LogP contribution in [0.1, 0.15) is 5.56 Å². The molecule has 2 heterocycles. The van der Waals surface area contributed by atoms with Gasteiger partial charge in [0.2, 0.25) is 0 Å². The summed E-state index contributed by atoms with van der Waals surface area (Å²) in [5, 5.41) is 0.806. The summed E-state index contributed by atoms with van der Waals surface area (Å²) in [6.45, 7) is 0. The molecule has 7 heteroatoms. The predicted octanol–water partition coefficient (Wildman–Crippen LogP) is 4.66. The summed E-state index contributed by atoms with van der Waals surface area (Å²) < 4.78 is 38.4. The lowest BCUT2D eigenvalue weighted by molar-refractivity contribution is -0.127. The highest BCUT2D eigenvalue weighted by Crippen LogP contribution is 2.38. The molecule has 0 bridgehead atoms. The first-order valence-electron chi connectivity index (χ1n) is 4.16. The number of rotatable bonds is 1. The molecule has 2 rings (SSSR count). The van der Waals surface area contributed by atoms with E-state index in [0.717, 1.165) is 0 Å². The summed E-state index contributed by atoms with van der Waals surface area (Å²) in [5.74, 6) is 0. The highest BCUT2D eigenvalue weighted by molar-refractivity contribution is 14.1. The zero-order valence-corrected chi connectivity index (χ0v) is 11.3. The molecule has 0 aromatic carbocycles. The summed E-state index contributed by atoms with van der Waals surface area (Å²) in [4.78, 5) is 3.85. The molecule has 1 nitrogen and oxygen atoms in total. The maximum Gasteiger partial charge on any atom is 0.393 e. The number of fused-ring (bicyclic) bond motifs is 1. The van der Waals surface area contributed by atoms with Gasteiger partial charge in [0.05, 0.1) is 14.0 Å². The van der Waals surface area contributed by atoms with Gasteiger partial charge in [0.1, 0.15) is 5.15 Å². The molecular formula is C9H4ClF3INS. The molecule has 0 saturated heterocycles. The van der Waals surface area contributed by atoms with Gasteiger partial charge in [-0.05, 0) is 34.2 Å².